The van der Waals surface area contributed by atoms with Crippen LogP contribution in [0.5, 0.6) is 11.5 Å². The van der Waals surface area contributed by atoms with E-state index in [-0.39, 0.29) is 0 Å². The number of carbonyl (C=O) groups excluding carboxylic acids is 2. The second-order valence-corrected chi connectivity index (χ2v) is 7.82. The molecule has 0 aliphatic heterocycles. The van der Waals surface area contributed by atoms with E-state index in [1.54, 1.807) is 12.1 Å². The second kappa shape index (κ2) is 13.8. The van der Waals surface area contributed by atoms with Gasteiger partial charge in [-0.3, -0.25) is 9.59 Å². The maximum Gasteiger partial charge on any atom is 0.153 e. The van der Waals surface area contributed by atoms with E-state index in [0.717, 1.165) is 49.0 Å². The minimum absolute atomic E-state index is 0.528. The normalized spacial score (nSPS) is 10.9. The molecule has 0 aromatic heterocycles. The molecule has 2 rings (SSSR count). The zero-order chi connectivity index (χ0) is 21.6. The van der Waals surface area contributed by atoms with Gasteiger partial charge in [-0.2, -0.15) is 0 Å². The molecule has 4 nitrogen and oxygen atoms in total. The van der Waals surface area contributed by atoms with Crippen LogP contribution in [-0.4, -0.2) is 25.8 Å². The monoisotopic (exact) mass is 412 g/mol. The summed E-state index contributed by atoms with van der Waals surface area (Å²) in [6.07, 6.45) is 13.1. The van der Waals surface area contributed by atoms with Gasteiger partial charge in [0.25, 0.3) is 0 Å². The molecule has 0 spiro atoms. The molecule has 0 aliphatic rings. The Kier molecular flexibility index (Phi) is 11.0. The third-order valence-corrected chi connectivity index (χ3v) is 5.41. The zero-order valence-electron chi connectivity index (χ0n) is 18.6. The van der Waals surface area contributed by atoms with Crippen molar-refractivity contribution in [1.29, 1.82) is 0 Å². The number of ether oxygens (including phenoxy) is 2. The van der Waals surface area contributed by atoms with Crippen molar-refractivity contribution in [2.24, 2.45) is 0 Å². The number of unbranched alkanes of at least 4 members (excludes halogenated alkanes) is 8. The highest BCUT2D eigenvalue weighted by molar-refractivity contribution is 6.02. The summed E-state index contributed by atoms with van der Waals surface area (Å²) in [5.74, 6) is 1.17. The first-order valence-electron chi connectivity index (χ1n) is 11.5. The van der Waals surface area contributed by atoms with Crippen LogP contribution in [-0.2, 0) is 0 Å². The molecule has 4 heteroatoms. The third kappa shape index (κ3) is 6.86. The number of hydrogen-bond donors (Lipinski definition) is 0. The van der Waals surface area contributed by atoms with Crippen LogP contribution in [0.2, 0.25) is 0 Å². The summed E-state index contributed by atoms with van der Waals surface area (Å²) in [6.45, 7) is 5.54. The highest BCUT2D eigenvalue weighted by Crippen LogP contribution is 2.37. The Morgan fingerprint density at radius 1 is 0.600 bits per heavy atom. The van der Waals surface area contributed by atoms with Crippen molar-refractivity contribution in [3.8, 4) is 11.5 Å². The fourth-order valence-electron chi connectivity index (χ4n) is 3.65. The summed E-state index contributed by atoms with van der Waals surface area (Å²) in [4.78, 5) is 23.2. The first-order chi connectivity index (χ1) is 14.8. The van der Waals surface area contributed by atoms with Gasteiger partial charge in [-0.1, -0.05) is 65.2 Å². The topological polar surface area (TPSA) is 52.6 Å². The Hall–Kier alpha value is -2.36. The van der Waals surface area contributed by atoms with Gasteiger partial charge < -0.3 is 9.47 Å². The molecule has 30 heavy (non-hydrogen) atoms. The van der Waals surface area contributed by atoms with Gasteiger partial charge in [0.15, 0.2) is 12.6 Å². The smallest absolute Gasteiger partial charge is 0.153 e. The minimum atomic E-state index is 0.528. The van der Waals surface area contributed by atoms with Gasteiger partial charge in [-0.15, -0.1) is 0 Å². The van der Waals surface area contributed by atoms with Crippen molar-refractivity contribution >= 4 is 23.3 Å². The van der Waals surface area contributed by atoms with E-state index >= 15 is 0 Å². The number of rotatable bonds is 16. The number of carbonyl (C=O) groups is 2. The van der Waals surface area contributed by atoms with Gasteiger partial charge in [0, 0.05) is 10.8 Å². The SMILES string of the molecule is CCCCCCCOc1c(C=O)ccc2c(OCCCCCCC)c(C=O)ccc12. The molecule has 0 N–H and O–H groups in total. The van der Waals surface area contributed by atoms with E-state index in [9.17, 15) is 9.59 Å². The fraction of sp³-hybridized carbons (Fsp3) is 0.538. The first-order valence-corrected chi connectivity index (χ1v) is 11.5. The lowest BCUT2D eigenvalue weighted by atomic mass is 10.0. The summed E-state index contributed by atoms with van der Waals surface area (Å²) >= 11 is 0. The van der Waals surface area contributed by atoms with Gasteiger partial charge in [-0.05, 0) is 37.1 Å². The van der Waals surface area contributed by atoms with Crippen LogP contribution in [0.25, 0.3) is 10.8 Å². The van der Waals surface area contributed by atoms with Gasteiger partial charge in [0.2, 0.25) is 0 Å². The molecule has 0 atom stereocenters. The number of fused-ring (bicyclic) bond motifs is 1. The highest BCUT2D eigenvalue weighted by atomic mass is 16.5. The van der Waals surface area contributed by atoms with Crippen LogP contribution in [0, 0.1) is 0 Å². The molecule has 0 radical (unpaired) electrons. The molecule has 0 amide bonds. The van der Waals surface area contributed by atoms with Crippen LogP contribution in [0.1, 0.15) is 98.8 Å². The Bertz CT molecular complexity index is 730. The molecule has 2 aromatic rings. The maximum atomic E-state index is 11.6. The number of hydrogen-bond acceptors (Lipinski definition) is 4. The quantitative estimate of drug-likeness (QED) is 0.217. The summed E-state index contributed by atoms with van der Waals surface area (Å²) in [5.41, 5.74) is 1.06. The van der Waals surface area contributed by atoms with Crippen LogP contribution >= 0.6 is 0 Å². The number of aldehydes is 2. The molecule has 0 saturated carbocycles. The molecular formula is C26H36O4. The van der Waals surface area contributed by atoms with Crippen LogP contribution < -0.4 is 9.47 Å². The Morgan fingerprint density at radius 2 is 1.00 bits per heavy atom. The van der Waals surface area contributed by atoms with Gasteiger partial charge in [-0.25, -0.2) is 0 Å². The van der Waals surface area contributed by atoms with Crippen molar-refractivity contribution in [1.82, 2.24) is 0 Å². The lowest BCUT2D eigenvalue weighted by Gasteiger charge is -2.16. The Labute approximate surface area is 181 Å². The Morgan fingerprint density at radius 3 is 1.37 bits per heavy atom. The summed E-state index contributed by atoms with van der Waals surface area (Å²) < 4.78 is 12.1. The Balaban J connectivity index is 2.18. The third-order valence-electron chi connectivity index (χ3n) is 5.41. The van der Waals surface area contributed by atoms with E-state index in [2.05, 4.69) is 13.8 Å². The molecule has 0 heterocycles. The molecule has 0 saturated heterocycles. The minimum Gasteiger partial charge on any atom is -0.492 e. The van der Waals surface area contributed by atoms with Crippen LogP contribution in [0.4, 0.5) is 0 Å². The average molecular weight is 413 g/mol. The second-order valence-electron chi connectivity index (χ2n) is 7.82. The molecule has 0 unspecified atom stereocenters. The van der Waals surface area contributed by atoms with Gasteiger partial charge in [0.05, 0.1) is 24.3 Å². The van der Waals surface area contributed by atoms with E-state index in [1.165, 1.54) is 38.5 Å². The predicted molar refractivity (Wildman–Crippen MR) is 123 cm³/mol. The lowest BCUT2D eigenvalue weighted by molar-refractivity contribution is 0.111. The van der Waals surface area contributed by atoms with Crippen molar-refractivity contribution in [3.05, 3.63) is 35.4 Å². The van der Waals surface area contributed by atoms with Crippen molar-refractivity contribution < 1.29 is 19.1 Å². The molecular weight excluding hydrogens is 376 g/mol. The summed E-state index contributed by atoms with van der Waals surface area (Å²) in [7, 11) is 0. The molecule has 2 aromatic carbocycles. The standard InChI is InChI=1S/C26H36O4/c1-3-5-7-9-11-17-29-25-21(19-27)13-16-24-23(25)15-14-22(20-28)26(24)30-18-12-10-8-6-4-2/h13-16,19-20H,3-12,17-18H2,1-2H3. The lowest BCUT2D eigenvalue weighted by Crippen LogP contribution is -2.04. The van der Waals surface area contributed by atoms with Gasteiger partial charge in [0.1, 0.15) is 11.5 Å². The molecule has 0 fully saturated rings. The van der Waals surface area contributed by atoms with Gasteiger partial charge >= 0.3 is 0 Å². The van der Waals surface area contributed by atoms with E-state index < -0.39 is 0 Å². The van der Waals surface area contributed by atoms with E-state index in [4.69, 9.17) is 9.47 Å². The summed E-state index contributed by atoms with van der Waals surface area (Å²) in [5, 5.41) is 1.64. The van der Waals surface area contributed by atoms with E-state index in [1.807, 2.05) is 12.1 Å². The predicted octanol–water partition coefficient (Wildman–Crippen LogP) is 7.16. The van der Waals surface area contributed by atoms with Crippen molar-refractivity contribution in [2.75, 3.05) is 13.2 Å². The average Bonchev–Trinajstić information content (AvgIpc) is 2.78. The van der Waals surface area contributed by atoms with Crippen LogP contribution in [0.3, 0.4) is 0 Å². The van der Waals surface area contributed by atoms with Crippen LogP contribution in [0.15, 0.2) is 24.3 Å². The first kappa shape index (κ1) is 23.9. The number of benzene rings is 2. The van der Waals surface area contributed by atoms with Crippen molar-refractivity contribution in [3.63, 3.8) is 0 Å². The summed E-state index contributed by atoms with van der Waals surface area (Å²) in [6, 6.07) is 7.22. The maximum absolute atomic E-state index is 11.6. The largest absolute Gasteiger partial charge is 0.492 e. The zero-order valence-corrected chi connectivity index (χ0v) is 18.6. The van der Waals surface area contributed by atoms with E-state index in [0.29, 0.717) is 35.8 Å². The highest BCUT2D eigenvalue weighted by Gasteiger charge is 2.15. The molecule has 164 valence electrons. The molecule has 0 aliphatic carbocycles. The molecule has 0 bridgehead atoms. The fourth-order valence-corrected chi connectivity index (χ4v) is 3.65. The van der Waals surface area contributed by atoms with Crippen molar-refractivity contribution in [2.45, 2.75) is 78.1 Å².